The Morgan fingerprint density at radius 2 is 2.11 bits per heavy atom. The normalized spacial score (nSPS) is 10.0. The number of hydrogen-bond donors (Lipinski definition) is 2. The predicted octanol–water partition coefficient (Wildman–Crippen LogP) is 1.94. The third-order valence-corrected chi connectivity index (χ3v) is 2.37. The number of aromatic carboxylic acids is 1. The number of carboxylic acids is 1. The molecule has 0 aliphatic heterocycles. The van der Waals surface area contributed by atoms with E-state index >= 15 is 0 Å². The highest BCUT2D eigenvalue weighted by molar-refractivity contribution is 5.93. The molecule has 1 heterocycles. The van der Waals surface area contributed by atoms with Gasteiger partial charge in [-0.15, -0.1) is 0 Å². The van der Waals surface area contributed by atoms with Crippen molar-refractivity contribution in [2.75, 3.05) is 5.73 Å². The Bertz CT molecular complexity index is 555. The van der Waals surface area contributed by atoms with Crippen LogP contribution >= 0.6 is 0 Å². The van der Waals surface area contributed by atoms with E-state index in [2.05, 4.69) is 4.98 Å². The van der Waals surface area contributed by atoms with Crippen molar-refractivity contribution in [3.05, 3.63) is 53.9 Å². The van der Waals surface area contributed by atoms with Gasteiger partial charge in [0.1, 0.15) is 12.2 Å². The van der Waals surface area contributed by atoms with Crippen LogP contribution in [0.2, 0.25) is 0 Å². The van der Waals surface area contributed by atoms with Gasteiger partial charge in [-0.05, 0) is 24.3 Å². The van der Waals surface area contributed by atoms with Crippen LogP contribution in [0.1, 0.15) is 16.1 Å². The average Bonchev–Trinajstić information content (AvgIpc) is 2.38. The molecule has 18 heavy (non-hydrogen) atoms. The van der Waals surface area contributed by atoms with Gasteiger partial charge in [0.2, 0.25) is 0 Å². The molecule has 0 spiro atoms. The number of anilines is 1. The number of hydrogen-bond acceptors (Lipinski definition) is 4. The molecule has 3 N–H and O–H groups in total. The Morgan fingerprint density at radius 1 is 1.28 bits per heavy atom. The molecule has 2 aromatic rings. The summed E-state index contributed by atoms with van der Waals surface area (Å²) in [4.78, 5) is 15.1. The minimum atomic E-state index is -1.07. The fourth-order valence-corrected chi connectivity index (χ4v) is 1.51. The van der Waals surface area contributed by atoms with Crippen molar-refractivity contribution in [2.45, 2.75) is 6.61 Å². The van der Waals surface area contributed by atoms with Crippen molar-refractivity contribution >= 4 is 11.7 Å². The van der Waals surface area contributed by atoms with Gasteiger partial charge in [0, 0.05) is 6.20 Å². The third-order valence-electron chi connectivity index (χ3n) is 2.37. The van der Waals surface area contributed by atoms with Crippen LogP contribution in [0.25, 0.3) is 0 Å². The minimum Gasteiger partial charge on any atom is -0.484 e. The number of carboxylic acid groups (broad SMARTS) is 1. The molecule has 0 unspecified atom stereocenters. The number of para-hydroxylation sites is 1. The molecule has 0 aliphatic carbocycles. The van der Waals surface area contributed by atoms with Crippen LogP contribution < -0.4 is 10.5 Å². The molecule has 5 heteroatoms. The lowest BCUT2D eigenvalue weighted by Gasteiger charge is -2.11. The van der Waals surface area contributed by atoms with Gasteiger partial charge in [-0.25, -0.2) is 4.79 Å². The van der Waals surface area contributed by atoms with Crippen LogP contribution in [0.4, 0.5) is 5.69 Å². The zero-order valence-electron chi connectivity index (χ0n) is 9.54. The molecule has 0 radical (unpaired) electrons. The molecule has 5 nitrogen and oxygen atoms in total. The van der Waals surface area contributed by atoms with Crippen LogP contribution in [0.5, 0.6) is 5.75 Å². The first kappa shape index (κ1) is 11.9. The fraction of sp³-hybridized carbons (Fsp3) is 0.0769. The Hall–Kier alpha value is -2.56. The Balaban J connectivity index is 2.21. The molecule has 0 saturated carbocycles. The summed E-state index contributed by atoms with van der Waals surface area (Å²) < 4.78 is 5.45. The average molecular weight is 244 g/mol. The van der Waals surface area contributed by atoms with Gasteiger partial charge in [0.15, 0.2) is 5.75 Å². The summed E-state index contributed by atoms with van der Waals surface area (Å²) >= 11 is 0. The molecular weight excluding hydrogens is 232 g/mol. The number of nitrogen functional groups attached to an aromatic ring is 1. The van der Waals surface area contributed by atoms with Gasteiger partial charge in [-0.3, -0.25) is 4.98 Å². The summed E-state index contributed by atoms with van der Waals surface area (Å²) in [5.74, 6) is -0.894. The van der Waals surface area contributed by atoms with Crippen molar-refractivity contribution in [1.29, 1.82) is 0 Å². The van der Waals surface area contributed by atoms with E-state index in [0.717, 1.165) is 0 Å². The topological polar surface area (TPSA) is 85.4 Å². The lowest BCUT2D eigenvalue weighted by atomic mass is 10.2. The van der Waals surface area contributed by atoms with E-state index in [1.165, 1.54) is 6.07 Å². The smallest absolute Gasteiger partial charge is 0.339 e. The molecule has 0 atom stereocenters. The molecular formula is C13H12N2O3. The van der Waals surface area contributed by atoms with E-state index in [0.29, 0.717) is 11.4 Å². The quantitative estimate of drug-likeness (QED) is 0.803. The van der Waals surface area contributed by atoms with E-state index < -0.39 is 5.97 Å². The van der Waals surface area contributed by atoms with Gasteiger partial charge in [0.05, 0.1) is 11.4 Å². The van der Waals surface area contributed by atoms with E-state index in [1.807, 2.05) is 6.07 Å². The molecule has 0 amide bonds. The highest BCUT2D eigenvalue weighted by Crippen LogP contribution is 2.27. The van der Waals surface area contributed by atoms with Gasteiger partial charge in [-0.2, -0.15) is 0 Å². The number of rotatable bonds is 4. The van der Waals surface area contributed by atoms with Crippen LogP contribution in [-0.2, 0) is 6.61 Å². The first-order valence-electron chi connectivity index (χ1n) is 5.33. The maximum Gasteiger partial charge on any atom is 0.339 e. The number of nitrogens with zero attached hydrogens (tertiary/aromatic N) is 1. The van der Waals surface area contributed by atoms with Crippen LogP contribution in [0, 0.1) is 0 Å². The molecule has 0 fully saturated rings. The second kappa shape index (κ2) is 5.18. The summed E-state index contributed by atoms with van der Waals surface area (Å²) in [6.07, 6.45) is 1.64. The molecule has 0 aliphatic rings. The van der Waals surface area contributed by atoms with E-state index in [-0.39, 0.29) is 17.9 Å². The van der Waals surface area contributed by atoms with Crippen molar-refractivity contribution in [1.82, 2.24) is 4.98 Å². The molecule has 1 aromatic carbocycles. The number of nitrogens with two attached hydrogens (primary N) is 1. The maximum atomic E-state index is 11.0. The fourth-order valence-electron chi connectivity index (χ4n) is 1.51. The Kier molecular flexibility index (Phi) is 3.43. The van der Waals surface area contributed by atoms with Gasteiger partial charge in [0.25, 0.3) is 0 Å². The molecule has 0 bridgehead atoms. The minimum absolute atomic E-state index is 0.0472. The lowest BCUT2D eigenvalue weighted by molar-refractivity contribution is 0.0692. The largest absolute Gasteiger partial charge is 0.484 e. The van der Waals surface area contributed by atoms with Crippen molar-refractivity contribution in [3.8, 4) is 5.75 Å². The van der Waals surface area contributed by atoms with Crippen molar-refractivity contribution in [3.63, 3.8) is 0 Å². The summed E-state index contributed by atoms with van der Waals surface area (Å²) in [7, 11) is 0. The van der Waals surface area contributed by atoms with Gasteiger partial charge < -0.3 is 15.6 Å². The van der Waals surface area contributed by atoms with E-state index in [4.69, 9.17) is 15.6 Å². The van der Waals surface area contributed by atoms with Crippen LogP contribution in [0.3, 0.4) is 0 Å². The molecule has 0 saturated heterocycles. The summed E-state index contributed by atoms with van der Waals surface area (Å²) in [6.45, 7) is 0.176. The Labute approximate surface area is 104 Å². The first-order chi connectivity index (χ1) is 8.68. The first-order valence-corrected chi connectivity index (χ1v) is 5.33. The second-order valence-corrected chi connectivity index (χ2v) is 3.64. The summed E-state index contributed by atoms with van der Waals surface area (Å²) in [5.41, 5.74) is 6.76. The summed E-state index contributed by atoms with van der Waals surface area (Å²) in [6, 6.07) is 10.0. The molecule has 2 rings (SSSR count). The van der Waals surface area contributed by atoms with Crippen LogP contribution in [-0.4, -0.2) is 16.1 Å². The van der Waals surface area contributed by atoms with Crippen molar-refractivity contribution in [2.24, 2.45) is 0 Å². The van der Waals surface area contributed by atoms with E-state index in [9.17, 15) is 4.79 Å². The zero-order chi connectivity index (χ0) is 13.0. The maximum absolute atomic E-state index is 11.0. The second-order valence-electron chi connectivity index (χ2n) is 3.64. The predicted molar refractivity (Wildman–Crippen MR) is 66.4 cm³/mol. The number of ether oxygens (including phenoxy) is 1. The molecule has 92 valence electrons. The highest BCUT2D eigenvalue weighted by atomic mass is 16.5. The zero-order valence-corrected chi connectivity index (χ0v) is 9.54. The Morgan fingerprint density at radius 3 is 2.78 bits per heavy atom. The van der Waals surface area contributed by atoms with Crippen LogP contribution in [0.15, 0.2) is 42.6 Å². The van der Waals surface area contributed by atoms with Crippen molar-refractivity contribution < 1.29 is 14.6 Å². The third kappa shape index (κ3) is 2.57. The highest BCUT2D eigenvalue weighted by Gasteiger charge is 2.14. The number of pyridine rings is 1. The number of carbonyl (C=O) groups is 1. The van der Waals surface area contributed by atoms with Gasteiger partial charge in [-0.1, -0.05) is 12.1 Å². The number of benzene rings is 1. The van der Waals surface area contributed by atoms with Gasteiger partial charge >= 0.3 is 5.97 Å². The lowest BCUT2D eigenvalue weighted by Crippen LogP contribution is -2.06. The summed E-state index contributed by atoms with van der Waals surface area (Å²) in [5, 5.41) is 9.04. The standard InChI is InChI=1S/C13H12N2O3/c14-11-6-3-5-10(13(16)17)12(11)18-8-9-4-1-2-7-15-9/h1-7H,8,14H2,(H,16,17). The SMILES string of the molecule is Nc1cccc(C(=O)O)c1OCc1ccccn1. The number of aromatic nitrogens is 1. The monoisotopic (exact) mass is 244 g/mol. The molecule has 1 aromatic heterocycles. The van der Waals surface area contributed by atoms with E-state index in [1.54, 1.807) is 30.5 Å².